The van der Waals surface area contributed by atoms with E-state index < -0.39 is 0 Å². The Hall–Kier alpha value is -0.770. The van der Waals surface area contributed by atoms with Crippen molar-refractivity contribution in [3.63, 3.8) is 0 Å². The second-order valence-electron chi connectivity index (χ2n) is 4.64. The van der Waals surface area contributed by atoms with E-state index in [0.29, 0.717) is 11.3 Å². The maximum absolute atomic E-state index is 8.27. The Bertz CT molecular complexity index is 178. The average Bonchev–Trinajstić information content (AvgIpc) is 1.84. The molecule has 1 unspecified atom stereocenters. The van der Waals surface area contributed by atoms with Gasteiger partial charge in [-0.2, -0.15) is 5.26 Å². The molecule has 0 saturated carbocycles. The molecule has 0 rings (SSSR count). The molecule has 0 spiro atoms. The summed E-state index contributed by atoms with van der Waals surface area (Å²) in [6, 6.07) is 2.01. The van der Waals surface area contributed by atoms with Crippen LogP contribution in [0.3, 0.4) is 0 Å². The van der Waals surface area contributed by atoms with Crippen LogP contribution in [-0.2, 0) is 0 Å². The molecule has 0 radical (unpaired) electrons. The third-order valence-corrected chi connectivity index (χ3v) is 1.69. The van der Waals surface area contributed by atoms with Gasteiger partial charge in [-0.25, -0.2) is 0 Å². The predicted octanol–water partition coefficient (Wildman–Crippen LogP) is 3.53. The molecule has 0 N–H and O–H groups in total. The summed E-state index contributed by atoms with van der Waals surface area (Å²) in [5, 5.41) is 8.27. The molecule has 0 aromatic heterocycles. The van der Waals surface area contributed by atoms with Crippen molar-refractivity contribution in [3.8, 4) is 6.07 Å². The summed E-state index contributed by atoms with van der Waals surface area (Å²) in [6.07, 6.45) is 5.75. The molecule has 0 aliphatic rings. The Morgan fingerprint density at radius 3 is 2.42 bits per heavy atom. The molecule has 0 aromatic carbocycles. The van der Waals surface area contributed by atoms with Gasteiger partial charge in [0.05, 0.1) is 6.07 Å². The van der Waals surface area contributed by atoms with Crippen molar-refractivity contribution in [1.29, 1.82) is 5.26 Å². The van der Waals surface area contributed by atoms with Crippen LogP contribution in [-0.4, -0.2) is 0 Å². The van der Waals surface area contributed by atoms with E-state index in [9.17, 15) is 0 Å². The first-order chi connectivity index (χ1) is 5.45. The lowest BCUT2D eigenvalue weighted by Crippen LogP contribution is -2.10. The third-order valence-electron chi connectivity index (χ3n) is 1.69. The summed E-state index contributed by atoms with van der Waals surface area (Å²) in [5.41, 5.74) is 0.403. The van der Waals surface area contributed by atoms with Crippen molar-refractivity contribution in [2.45, 2.75) is 40.5 Å². The Morgan fingerprint density at radius 1 is 1.42 bits per heavy atom. The van der Waals surface area contributed by atoms with Gasteiger partial charge in [0.1, 0.15) is 0 Å². The first kappa shape index (κ1) is 11.2. The van der Waals surface area contributed by atoms with Crippen LogP contribution in [0.15, 0.2) is 12.2 Å². The largest absolute Gasteiger partial charge is 0.193 e. The molecule has 0 fully saturated rings. The highest BCUT2D eigenvalue weighted by Gasteiger charge is 2.13. The molecule has 1 atom stereocenters. The predicted molar refractivity (Wildman–Crippen MR) is 52.6 cm³/mol. The smallest absolute Gasteiger partial charge is 0.0908 e. The van der Waals surface area contributed by atoms with E-state index in [0.717, 1.165) is 6.42 Å². The number of allylic oxidation sites excluding steroid dienone is 2. The highest BCUT2D eigenvalue weighted by atomic mass is 14.2. The zero-order valence-electron chi connectivity index (χ0n) is 8.59. The Labute approximate surface area is 76.1 Å². The minimum atomic E-state index is 0.403. The van der Waals surface area contributed by atoms with Crippen molar-refractivity contribution >= 4 is 0 Å². The molecule has 0 aliphatic heterocycles. The van der Waals surface area contributed by atoms with Crippen LogP contribution < -0.4 is 0 Å². The van der Waals surface area contributed by atoms with Crippen LogP contribution in [0.4, 0.5) is 0 Å². The van der Waals surface area contributed by atoms with Crippen LogP contribution in [0.2, 0.25) is 0 Å². The Morgan fingerprint density at radius 2 is 2.00 bits per heavy atom. The van der Waals surface area contributed by atoms with E-state index in [2.05, 4.69) is 27.7 Å². The fraction of sp³-hybridized carbons (Fsp3) is 0.727. The van der Waals surface area contributed by atoms with E-state index in [-0.39, 0.29) is 0 Å². The van der Waals surface area contributed by atoms with Crippen LogP contribution in [0.5, 0.6) is 0 Å². The number of nitrogens with zero attached hydrogens (tertiary/aromatic N) is 1. The second-order valence-corrected chi connectivity index (χ2v) is 4.64. The van der Waals surface area contributed by atoms with Crippen molar-refractivity contribution < 1.29 is 0 Å². The summed E-state index contributed by atoms with van der Waals surface area (Å²) in [4.78, 5) is 0. The standard InChI is InChI=1S/C11H19N/c1-10(7-5-6-8-12)9-11(2,3)4/h5-6,10H,7,9H2,1-4H3/b6-5+. The van der Waals surface area contributed by atoms with Gasteiger partial charge >= 0.3 is 0 Å². The van der Waals surface area contributed by atoms with Gasteiger partial charge < -0.3 is 0 Å². The van der Waals surface area contributed by atoms with E-state index >= 15 is 0 Å². The molecule has 0 saturated heterocycles. The topological polar surface area (TPSA) is 23.8 Å². The van der Waals surface area contributed by atoms with Gasteiger partial charge in [-0.3, -0.25) is 0 Å². The van der Waals surface area contributed by atoms with Crippen LogP contribution in [0.25, 0.3) is 0 Å². The maximum atomic E-state index is 8.27. The molecule has 0 bridgehead atoms. The number of hydrogen-bond acceptors (Lipinski definition) is 1. The molecular formula is C11H19N. The summed E-state index contributed by atoms with van der Waals surface area (Å²) in [7, 11) is 0. The van der Waals surface area contributed by atoms with Gasteiger partial charge in [-0.15, -0.1) is 0 Å². The quantitative estimate of drug-likeness (QED) is 0.587. The average molecular weight is 165 g/mol. The van der Waals surface area contributed by atoms with Gasteiger partial charge in [-0.1, -0.05) is 33.8 Å². The van der Waals surface area contributed by atoms with E-state index in [1.165, 1.54) is 6.42 Å². The van der Waals surface area contributed by atoms with Gasteiger partial charge in [-0.05, 0) is 24.2 Å². The first-order valence-electron chi connectivity index (χ1n) is 4.50. The Balaban J connectivity index is 3.69. The lowest BCUT2D eigenvalue weighted by molar-refractivity contribution is 0.308. The lowest BCUT2D eigenvalue weighted by Gasteiger charge is -2.22. The number of hydrogen-bond donors (Lipinski definition) is 0. The van der Waals surface area contributed by atoms with Crippen LogP contribution in [0.1, 0.15) is 40.5 Å². The van der Waals surface area contributed by atoms with Gasteiger partial charge in [0.15, 0.2) is 0 Å². The molecule has 68 valence electrons. The molecule has 0 aromatic rings. The summed E-state index contributed by atoms with van der Waals surface area (Å²) in [5.74, 6) is 0.676. The molecule has 1 nitrogen and oxygen atoms in total. The fourth-order valence-electron chi connectivity index (χ4n) is 1.48. The first-order valence-corrected chi connectivity index (χ1v) is 4.50. The molecular weight excluding hydrogens is 146 g/mol. The van der Waals surface area contributed by atoms with Crippen molar-refractivity contribution in [2.75, 3.05) is 0 Å². The molecule has 12 heavy (non-hydrogen) atoms. The number of rotatable bonds is 3. The van der Waals surface area contributed by atoms with Crippen molar-refractivity contribution in [1.82, 2.24) is 0 Å². The highest BCUT2D eigenvalue weighted by Crippen LogP contribution is 2.25. The van der Waals surface area contributed by atoms with Crippen molar-refractivity contribution in [2.24, 2.45) is 11.3 Å². The minimum Gasteiger partial charge on any atom is -0.193 e. The summed E-state index contributed by atoms with van der Waals surface area (Å²) < 4.78 is 0. The zero-order valence-corrected chi connectivity index (χ0v) is 8.59. The maximum Gasteiger partial charge on any atom is 0.0908 e. The monoisotopic (exact) mass is 165 g/mol. The van der Waals surface area contributed by atoms with E-state index in [1.807, 2.05) is 12.1 Å². The molecule has 0 aliphatic carbocycles. The van der Waals surface area contributed by atoms with E-state index in [4.69, 9.17) is 5.26 Å². The number of nitriles is 1. The third kappa shape index (κ3) is 7.34. The fourth-order valence-corrected chi connectivity index (χ4v) is 1.48. The van der Waals surface area contributed by atoms with E-state index in [1.54, 1.807) is 6.08 Å². The molecule has 1 heteroatoms. The SMILES string of the molecule is CC(C/C=C/C#N)CC(C)(C)C. The Kier molecular flexibility index (Phi) is 4.66. The van der Waals surface area contributed by atoms with Crippen molar-refractivity contribution in [3.05, 3.63) is 12.2 Å². The normalized spacial score (nSPS) is 14.6. The van der Waals surface area contributed by atoms with Gasteiger partial charge in [0.25, 0.3) is 0 Å². The zero-order chi connectivity index (χ0) is 9.61. The van der Waals surface area contributed by atoms with Gasteiger partial charge in [0, 0.05) is 6.08 Å². The highest BCUT2D eigenvalue weighted by molar-refractivity contribution is 5.01. The second kappa shape index (κ2) is 4.98. The minimum absolute atomic E-state index is 0.403. The van der Waals surface area contributed by atoms with Gasteiger partial charge in [0.2, 0.25) is 0 Å². The summed E-state index contributed by atoms with van der Waals surface area (Å²) >= 11 is 0. The molecule has 0 amide bonds. The lowest BCUT2D eigenvalue weighted by atomic mass is 9.84. The van der Waals surface area contributed by atoms with Crippen LogP contribution in [0, 0.1) is 22.7 Å². The van der Waals surface area contributed by atoms with Crippen LogP contribution >= 0.6 is 0 Å². The molecule has 0 heterocycles. The summed E-state index contributed by atoms with van der Waals surface area (Å²) in [6.45, 7) is 8.97.